The molecule has 1 unspecified atom stereocenters. The topological polar surface area (TPSA) is 71.3 Å². The number of amides is 1. The average molecular weight is 258 g/mol. The molecule has 1 aromatic heterocycles. The Kier molecular flexibility index (Phi) is 2.55. The molecule has 98 valence electrons. The molecule has 0 spiro atoms. The van der Waals surface area contributed by atoms with Crippen LogP contribution in [0.4, 0.5) is 0 Å². The summed E-state index contributed by atoms with van der Waals surface area (Å²) in [7, 11) is 0. The van der Waals surface area contributed by atoms with E-state index in [-0.39, 0.29) is 17.5 Å². The molecule has 1 aliphatic rings. The van der Waals surface area contributed by atoms with E-state index >= 15 is 0 Å². The van der Waals surface area contributed by atoms with Gasteiger partial charge in [0, 0.05) is 23.5 Å². The van der Waals surface area contributed by atoms with Gasteiger partial charge in [0.15, 0.2) is 0 Å². The zero-order valence-corrected chi connectivity index (χ0v) is 10.5. The third kappa shape index (κ3) is 1.87. The van der Waals surface area contributed by atoms with Crippen LogP contribution in [0, 0.1) is 0 Å². The molecule has 1 atom stereocenters. The summed E-state index contributed by atoms with van der Waals surface area (Å²) in [5.74, 6) is -1.05. The second kappa shape index (κ2) is 4.12. The van der Waals surface area contributed by atoms with Gasteiger partial charge in [-0.3, -0.25) is 4.79 Å². The lowest BCUT2D eigenvalue weighted by atomic mass is 10.1. The first-order chi connectivity index (χ1) is 9.06. The van der Waals surface area contributed by atoms with Crippen molar-refractivity contribution in [3.8, 4) is 0 Å². The molecule has 5 nitrogen and oxygen atoms in total. The monoisotopic (exact) mass is 258 g/mol. The van der Waals surface area contributed by atoms with Crippen molar-refractivity contribution < 1.29 is 14.7 Å². The number of aromatic carboxylic acids is 1. The first-order valence-electron chi connectivity index (χ1n) is 6.23. The van der Waals surface area contributed by atoms with Gasteiger partial charge >= 0.3 is 5.97 Å². The zero-order chi connectivity index (χ0) is 13.6. The van der Waals surface area contributed by atoms with Crippen LogP contribution >= 0.6 is 0 Å². The Morgan fingerprint density at radius 2 is 2.21 bits per heavy atom. The van der Waals surface area contributed by atoms with E-state index in [1.54, 1.807) is 18.2 Å². The van der Waals surface area contributed by atoms with Gasteiger partial charge in [-0.15, -0.1) is 0 Å². The Hall–Kier alpha value is -2.30. The number of aryl methyl sites for hydroxylation is 1. The van der Waals surface area contributed by atoms with Gasteiger partial charge in [-0.25, -0.2) is 4.79 Å². The van der Waals surface area contributed by atoms with Crippen LogP contribution < -0.4 is 5.32 Å². The number of carboxylic acids is 1. The van der Waals surface area contributed by atoms with E-state index in [9.17, 15) is 9.59 Å². The number of carbonyl (C=O) groups excluding carboxylic acids is 1. The minimum atomic E-state index is -0.955. The molecule has 1 aromatic carbocycles. The van der Waals surface area contributed by atoms with Gasteiger partial charge in [0.25, 0.3) is 5.91 Å². The van der Waals surface area contributed by atoms with Crippen molar-refractivity contribution in [3.63, 3.8) is 0 Å². The van der Waals surface area contributed by atoms with E-state index < -0.39 is 5.97 Å². The summed E-state index contributed by atoms with van der Waals surface area (Å²) in [5, 5.41) is 12.9. The molecule has 0 bridgehead atoms. The maximum Gasteiger partial charge on any atom is 0.335 e. The van der Waals surface area contributed by atoms with E-state index in [0.717, 1.165) is 17.3 Å². The maximum absolute atomic E-state index is 12.1. The third-order valence-electron chi connectivity index (χ3n) is 3.55. The Bertz CT molecular complexity index is 687. The number of carboxylic acid groups (broad SMARTS) is 1. The standard InChI is InChI=1S/C14H14N2O3/c1-8-4-5-16-11-7-10(14(18)19)3-2-9(11)6-12(16)13(17)15-8/h2-3,6-8H,4-5H2,1H3,(H,15,17)(H,18,19). The average Bonchev–Trinajstić information content (AvgIpc) is 2.67. The van der Waals surface area contributed by atoms with Crippen molar-refractivity contribution in [2.24, 2.45) is 0 Å². The number of fused-ring (bicyclic) bond motifs is 3. The van der Waals surface area contributed by atoms with Crippen LogP contribution in [0.5, 0.6) is 0 Å². The van der Waals surface area contributed by atoms with Gasteiger partial charge in [-0.2, -0.15) is 0 Å². The second-order valence-corrected chi connectivity index (χ2v) is 4.92. The lowest BCUT2D eigenvalue weighted by molar-refractivity contribution is 0.0696. The molecular weight excluding hydrogens is 244 g/mol. The number of rotatable bonds is 1. The summed E-state index contributed by atoms with van der Waals surface area (Å²) < 4.78 is 1.90. The highest BCUT2D eigenvalue weighted by atomic mass is 16.4. The summed E-state index contributed by atoms with van der Waals surface area (Å²) in [6, 6.07) is 6.88. The van der Waals surface area contributed by atoms with E-state index in [1.807, 2.05) is 17.6 Å². The summed E-state index contributed by atoms with van der Waals surface area (Å²) in [5.41, 5.74) is 1.65. The number of nitrogens with one attached hydrogen (secondary N) is 1. The van der Waals surface area contributed by atoms with E-state index in [1.165, 1.54) is 0 Å². The van der Waals surface area contributed by atoms with Crippen LogP contribution in [0.3, 0.4) is 0 Å². The van der Waals surface area contributed by atoms with Crippen LogP contribution in [0.25, 0.3) is 10.9 Å². The molecule has 0 aliphatic carbocycles. The molecule has 2 heterocycles. The highest BCUT2D eigenvalue weighted by Gasteiger charge is 2.21. The van der Waals surface area contributed by atoms with Gasteiger partial charge in [0.2, 0.25) is 0 Å². The molecule has 19 heavy (non-hydrogen) atoms. The van der Waals surface area contributed by atoms with Crippen molar-refractivity contribution in [1.82, 2.24) is 9.88 Å². The van der Waals surface area contributed by atoms with Crippen LogP contribution in [0.15, 0.2) is 24.3 Å². The Balaban J connectivity index is 2.21. The SMILES string of the molecule is CC1CCn2c(cc3ccc(C(=O)O)cc32)C(=O)N1. The van der Waals surface area contributed by atoms with Gasteiger partial charge in [-0.05, 0) is 31.5 Å². The van der Waals surface area contributed by atoms with Crippen LogP contribution in [0.2, 0.25) is 0 Å². The molecule has 0 fully saturated rings. The predicted octanol–water partition coefficient (Wildman–Crippen LogP) is 1.86. The molecule has 1 aliphatic heterocycles. The van der Waals surface area contributed by atoms with Crippen molar-refractivity contribution in [2.75, 3.05) is 0 Å². The fourth-order valence-corrected chi connectivity index (χ4v) is 2.51. The van der Waals surface area contributed by atoms with E-state index in [2.05, 4.69) is 5.32 Å². The first-order valence-corrected chi connectivity index (χ1v) is 6.23. The lowest BCUT2D eigenvalue weighted by Crippen LogP contribution is -2.30. The van der Waals surface area contributed by atoms with Crippen molar-refractivity contribution >= 4 is 22.8 Å². The molecule has 5 heteroatoms. The molecule has 2 aromatic rings. The second-order valence-electron chi connectivity index (χ2n) is 4.92. The summed E-state index contributed by atoms with van der Waals surface area (Å²) in [4.78, 5) is 23.1. The number of aromatic nitrogens is 1. The highest BCUT2D eigenvalue weighted by molar-refractivity contribution is 6.01. The zero-order valence-electron chi connectivity index (χ0n) is 10.5. The number of benzene rings is 1. The van der Waals surface area contributed by atoms with Gasteiger partial charge in [-0.1, -0.05) is 6.07 Å². The quantitative estimate of drug-likeness (QED) is 0.820. The third-order valence-corrected chi connectivity index (χ3v) is 3.55. The molecule has 1 amide bonds. The number of hydrogen-bond donors (Lipinski definition) is 2. The van der Waals surface area contributed by atoms with Gasteiger partial charge in [0.1, 0.15) is 5.69 Å². The first kappa shape index (κ1) is 11.8. The van der Waals surface area contributed by atoms with Crippen molar-refractivity contribution in [1.29, 1.82) is 0 Å². The van der Waals surface area contributed by atoms with Gasteiger partial charge in [0.05, 0.1) is 5.56 Å². The Morgan fingerprint density at radius 3 is 2.95 bits per heavy atom. The van der Waals surface area contributed by atoms with Crippen molar-refractivity contribution in [3.05, 3.63) is 35.5 Å². The summed E-state index contributed by atoms with van der Waals surface area (Å²) >= 11 is 0. The lowest BCUT2D eigenvalue weighted by Gasteiger charge is -2.08. The van der Waals surface area contributed by atoms with Crippen LogP contribution in [-0.2, 0) is 6.54 Å². The predicted molar refractivity (Wildman–Crippen MR) is 70.4 cm³/mol. The minimum absolute atomic E-state index is 0.0990. The van der Waals surface area contributed by atoms with Crippen LogP contribution in [0.1, 0.15) is 34.2 Å². The number of nitrogens with zero attached hydrogens (tertiary/aromatic N) is 1. The largest absolute Gasteiger partial charge is 0.478 e. The fourth-order valence-electron chi connectivity index (χ4n) is 2.51. The van der Waals surface area contributed by atoms with E-state index in [4.69, 9.17) is 5.11 Å². The Morgan fingerprint density at radius 1 is 1.42 bits per heavy atom. The Labute approximate surface area is 109 Å². The number of hydrogen-bond acceptors (Lipinski definition) is 2. The molecule has 0 saturated heterocycles. The molecule has 2 N–H and O–H groups in total. The number of carbonyl (C=O) groups is 2. The maximum atomic E-state index is 12.1. The minimum Gasteiger partial charge on any atom is -0.478 e. The molecule has 0 radical (unpaired) electrons. The smallest absolute Gasteiger partial charge is 0.335 e. The van der Waals surface area contributed by atoms with E-state index in [0.29, 0.717) is 12.2 Å². The van der Waals surface area contributed by atoms with Crippen LogP contribution in [-0.4, -0.2) is 27.6 Å². The van der Waals surface area contributed by atoms with Gasteiger partial charge < -0.3 is 15.0 Å². The fraction of sp³-hybridized carbons (Fsp3) is 0.286. The normalized spacial score (nSPS) is 18.8. The highest BCUT2D eigenvalue weighted by Crippen LogP contribution is 2.24. The molecular formula is C14H14N2O3. The molecule has 0 saturated carbocycles. The summed E-state index contributed by atoms with van der Waals surface area (Å²) in [6.07, 6.45) is 0.833. The molecule has 3 rings (SSSR count). The summed E-state index contributed by atoms with van der Waals surface area (Å²) in [6.45, 7) is 2.68. The van der Waals surface area contributed by atoms with Crippen molar-refractivity contribution in [2.45, 2.75) is 25.9 Å².